The molecule has 0 bridgehead atoms. The van der Waals surface area contributed by atoms with Crippen molar-refractivity contribution in [2.75, 3.05) is 6.61 Å². The number of benzene rings is 1. The van der Waals surface area contributed by atoms with E-state index in [4.69, 9.17) is 4.74 Å². The Kier molecular flexibility index (Phi) is 6.96. The maximum atomic E-state index is 12.3. The van der Waals surface area contributed by atoms with Gasteiger partial charge in [0.25, 0.3) is 0 Å². The van der Waals surface area contributed by atoms with E-state index in [-0.39, 0.29) is 31.3 Å². The highest BCUT2D eigenvalue weighted by atomic mass is 16.6. The van der Waals surface area contributed by atoms with Crippen LogP contribution < -0.4 is 5.32 Å². The standard InChI is InChI=1S/C19H29NO4/c1-18(2,3)24-17(23)12-19(4,5)11-16(22)20-15(13-21)14-9-7-6-8-10-14/h6-10,15,21H,11-13H2,1-5H3,(H,20,22). The summed E-state index contributed by atoms with van der Waals surface area (Å²) < 4.78 is 5.32. The van der Waals surface area contributed by atoms with Crippen LogP contribution in [-0.4, -0.2) is 29.2 Å². The van der Waals surface area contributed by atoms with Crippen LogP contribution in [0.2, 0.25) is 0 Å². The second-order valence-electron chi connectivity index (χ2n) is 7.82. The summed E-state index contributed by atoms with van der Waals surface area (Å²) >= 11 is 0. The number of esters is 1. The number of amides is 1. The second kappa shape index (κ2) is 8.29. The van der Waals surface area contributed by atoms with Crippen LogP contribution >= 0.6 is 0 Å². The first-order valence-electron chi connectivity index (χ1n) is 8.19. The lowest BCUT2D eigenvalue weighted by atomic mass is 9.85. The number of carbonyl (C=O) groups excluding carboxylic acids is 2. The van der Waals surface area contributed by atoms with E-state index in [1.54, 1.807) is 0 Å². The highest BCUT2D eigenvalue weighted by molar-refractivity contribution is 5.78. The van der Waals surface area contributed by atoms with Gasteiger partial charge in [-0.25, -0.2) is 0 Å². The molecule has 0 aliphatic carbocycles. The topological polar surface area (TPSA) is 75.6 Å². The lowest BCUT2D eigenvalue weighted by Gasteiger charge is -2.27. The maximum absolute atomic E-state index is 12.3. The van der Waals surface area contributed by atoms with Gasteiger partial charge in [-0.15, -0.1) is 0 Å². The summed E-state index contributed by atoms with van der Waals surface area (Å²) in [6.45, 7) is 8.98. The molecular weight excluding hydrogens is 306 g/mol. The fraction of sp³-hybridized carbons (Fsp3) is 0.579. The second-order valence-corrected chi connectivity index (χ2v) is 7.82. The number of aliphatic hydroxyl groups excluding tert-OH is 1. The molecule has 1 unspecified atom stereocenters. The van der Waals surface area contributed by atoms with E-state index in [0.717, 1.165) is 5.56 Å². The molecule has 0 aliphatic heterocycles. The molecule has 1 aromatic rings. The van der Waals surface area contributed by atoms with Crippen molar-refractivity contribution in [3.63, 3.8) is 0 Å². The summed E-state index contributed by atoms with van der Waals surface area (Å²) in [6, 6.07) is 8.85. The predicted octanol–water partition coefficient (Wildman–Crippen LogP) is 2.98. The van der Waals surface area contributed by atoms with Gasteiger partial charge in [0, 0.05) is 6.42 Å². The molecule has 0 radical (unpaired) electrons. The molecule has 0 fully saturated rings. The molecule has 2 N–H and O–H groups in total. The van der Waals surface area contributed by atoms with Gasteiger partial charge in [0.15, 0.2) is 0 Å². The number of nitrogens with one attached hydrogen (secondary N) is 1. The maximum Gasteiger partial charge on any atom is 0.306 e. The quantitative estimate of drug-likeness (QED) is 0.751. The van der Waals surface area contributed by atoms with Gasteiger partial charge in [0.1, 0.15) is 5.60 Å². The molecule has 0 saturated heterocycles. The first kappa shape index (κ1) is 20.2. The van der Waals surface area contributed by atoms with Crippen molar-refractivity contribution in [2.24, 2.45) is 5.41 Å². The number of ether oxygens (including phenoxy) is 1. The van der Waals surface area contributed by atoms with Crippen LogP contribution in [0.4, 0.5) is 0 Å². The van der Waals surface area contributed by atoms with Crippen molar-refractivity contribution in [2.45, 2.75) is 59.1 Å². The third-order valence-corrected chi connectivity index (χ3v) is 3.40. The van der Waals surface area contributed by atoms with Crippen LogP contribution in [0.5, 0.6) is 0 Å². The normalized spacial score (nSPS) is 13.2. The number of aliphatic hydroxyl groups is 1. The van der Waals surface area contributed by atoms with E-state index in [2.05, 4.69) is 5.32 Å². The highest BCUT2D eigenvalue weighted by Gasteiger charge is 2.29. The Morgan fingerprint density at radius 1 is 1.08 bits per heavy atom. The van der Waals surface area contributed by atoms with Crippen molar-refractivity contribution in [3.8, 4) is 0 Å². The Morgan fingerprint density at radius 2 is 1.67 bits per heavy atom. The summed E-state index contributed by atoms with van der Waals surface area (Å²) in [5.41, 5.74) is -0.216. The van der Waals surface area contributed by atoms with Gasteiger partial charge in [0.2, 0.25) is 5.91 Å². The van der Waals surface area contributed by atoms with Crippen LogP contribution in [-0.2, 0) is 14.3 Å². The first-order chi connectivity index (χ1) is 11.0. The molecular formula is C19H29NO4. The van der Waals surface area contributed by atoms with Gasteiger partial charge in [-0.2, -0.15) is 0 Å². The van der Waals surface area contributed by atoms with E-state index in [1.165, 1.54) is 0 Å². The van der Waals surface area contributed by atoms with Gasteiger partial charge in [-0.05, 0) is 31.7 Å². The van der Waals surface area contributed by atoms with Crippen molar-refractivity contribution in [1.29, 1.82) is 0 Å². The van der Waals surface area contributed by atoms with E-state index >= 15 is 0 Å². The average Bonchev–Trinajstić information content (AvgIpc) is 2.42. The van der Waals surface area contributed by atoms with Gasteiger partial charge in [0.05, 0.1) is 19.1 Å². The van der Waals surface area contributed by atoms with Gasteiger partial charge >= 0.3 is 5.97 Å². The van der Waals surface area contributed by atoms with E-state index in [0.29, 0.717) is 0 Å². The summed E-state index contributed by atoms with van der Waals surface area (Å²) in [7, 11) is 0. The molecule has 0 spiro atoms. The molecule has 134 valence electrons. The van der Waals surface area contributed by atoms with Crippen LogP contribution in [0.3, 0.4) is 0 Å². The molecule has 1 aromatic carbocycles. The molecule has 0 aromatic heterocycles. The van der Waals surface area contributed by atoms with Gasteiger partial charge in [-0.3, -0.25) is 9.59 Å². The fourth-order valence-corrected chi connectivity index (χ4v) is 2.43. The summed E-state index contributed by atoms with van der Waals surface area (Å²) in [4.78, 5) is 24.3. The molecule has 1 atom stereocenters. The number of carbonyl (C=O) groups is 2. The molecule has 5 heteroatoms. The van der Waals surface area contributed by atoms with E-state index in [1.807, 2.05) is 65.0 Å². The average molecular weight is 335 g/mol. The Balaban J connectivity index is 2.60. The lowest BCUT2D eigenvalue weighted by molar-refractivity contribution is -0.157. The minimum atomic E-state index is -0.537. The zero-order valence-electron chi connectivity index (χ0n) is 15.3. The number of rotatable bonds is 7. The van der Waals surface area contributed by atoms with Crippen molar-refractivity contribution in [3.05, 3.63) is 35.9 Å². The number of hydrogen-bond donors (Lipinski definition) is 2. The predicted molar refractivity (Wildman–Crippen MR) is 93.3 cm³/mol. The smallest absolute Gasteiger partial charge is 0.306 e. The lowest BCUT2D eigenvalue weighted by Crippen LogP contribution is -2.35. The SMILES string of the molecule is CC(C)(CC(=O)NC(CO)c1ccccc1)CC(=O)OC(C)(C)C. The molecule has 0 heterocycles. The molecule has 1 amide bonds. The molecule has 5 nitrogen and oxygen atoms in total. The summed E-state index contributed by atoms with van der Waals surface area (Å²) in [5.74, 6) is -0.520. The van der Waals surface area contributed by atoms with Crippen LogP contribution in [0.15, 0.2) is 30.3 Å². The zero-order valence-corrected chi connectivity index (χ0v) is 15.3. The van der Waals surface area contributed by atoms with Crippen LogP contribution in [0, 0.1) is 5.41 Å². The van der Waals surface area contributed by atoms with Crippen molar-refractivity contribution >= 4 is 11.9 Å². The minimum Gasteiger partial charge on any atom is -0.460 e. The van der Waals surface area contributed by atoms with Gasteiger partial charge < -0.3 is 15.2 Å². The van der Waals surface area contributed by atoms with Crippen molar-refractivity contribution < 1.29 is 19.4 Å². The Hall–Kier alpha value is -1.88. The van der Waals surface area contributed by atoms with E-state index in [9.17, 15) is 14.7 Å². The van der Waals surface area contributed by atoms with E-state index < -0.39 is 17.1 Å². The Morgan fingerprint density at radius 3 is 2.17 bits per heavy atom. The Labute approximate surface area is 144 Å². The minimum absolute atomic E-state index is 0.160. The zero-order chi connectivity index (χ0) is 18.4. The third-order valence-electron chi connectivity index (χ3n) is 3.40. The molecule has 0 saturated carbocycles. The van der Waals surface area contributed by atoms with Crippen LogP contribution in [0.1, 0.15) is 59.1 Å². The third kappa shape index (κ3) is 7.59. The molecule has 24 heavy (non-hydrogen) atoms. The summed E-state index contributed by atoms with van der Waals surface area (Å²) in [5, 5.41) is 12.3. The van der Waals surface area contributed by atoms with Crippen LogP contribution in [0.25, 0.3) is 0 Å². The summed E-state index contributed by atoms with van der Waals surface area (Å²) in [6.07, 6.45) is 0.336. The monoisotopic (exact) mass is 335 g/mol. The van der Waals surface area contributed by atoms with Crippen molar-refractivity contribution in [1.82, 2.24) is 5.32 Å². The highest BCUT2D eigenvalue weighted by Crippen LogP contribution is 2.27. The largest absolute Gasteiger partial charge is 0.460 e. The molecule has 1 rings (SSSR count). The first-order valence-corrected chi connectivity index (χ1v) is 8.19. The molecule has 0 aliphatic rings. The number of hydrogen-bond acceptors (Lipinski definition) is 4. The van der Waals surface area contributed by atoms with Gasteiger partial charge in [-0.1, -0.05) is 44.2 Å². The fourth-order valence-electron chi connectivity index (χ4n) is 2.43. The Bertz CT molecular complexity index is 546.